The summed E-state index contributed by atoms with van der Waals surface area (Å²) in [6, 6.07) is 1.53. The summed E-state index contributed by atoms with van der Waals surface area (Å²) in [6.45, 7) is 6.05. The van der Waals surface area contributed by atoms with Crippen LogP contribution in [0.2, 0.25) is 0 Å². The van der Waals surface area contributed by atoms with E-state index >= 15 is 0 Å². The zero-order valence-corrected chi connectivity index (χ0v) is 12.7. The van der Waals surface area contributed by atoms with Gasteiger partial charge in [-0.2, -0.15) is 0 Å². The summed E-state index contributed by atoms with van der Waals surface area (Å²) in [7, 11) is 0. The SMILES string of the molecule is CCOC(=O)c1cnc(CC(CC)C(=O)OCC)c(N)c1. The quantitative estimate of drug-likeness (QED) is 0.773. The number of rotatable bonds is 7. The van der Waals surface area contributed by atoms with E-state index in [2.05, 4.69) is 4.98 Å². The fraction of sp³-hybridized carbons (Fsp3) is 0.533. The summed E-state index contributed by atoms with van der Waals surface area (Å²) in [6.07, 6.45) is 2.45. The molecule has 0 amide bonds. The molecule has 0 spiro atoms. The van der Waals surface area contributed by atoms with Gasteiger partial charge in [0, 0.05) is 12.6 Å². The van der Waals surface area contributed by atoms with Gasteiger partial charge in [0.05, 0.1) is 36.1 Å². The molecular formula is C15H22N2O4. The second-order valence-corrected chi connectivity index (χ2v) is 4.54. The topological polar surface area (TPSA) is 91.5 Å². The predicted molar refractivity (Wildman–Crippen MR) is 78.7 cm³/mol. The third kappa shape index (κ3) is 4.73. The fourth-order valence-electron chi connectivity index (χ4n) is 1.89. The molecule has 6 heteroatoms. The van der Waals surface area contributed by atoms with Crippen molar-refractivity contribution in [2.75, 3.05) is 18.9 Å². The Morgan fingerprint density at radius 2 is 1.90 bits per heavy atom. The van der Waals surface area contributed by atoms with Crippen LogP contribution in [-0.4, -0.2) is 30.1 Å². The number of anilines is 1. The molecule has 1 heterocycles. The number of nitrogens with zero attached hydrogens (tertiary/aromatic N) is 1. The Kier molecular flexibility index (Phi) is 6.65. The van der Waals surface area contributed by atoms with Crippen molar-refractivity contribution in [1.82, 2.24) is 4.98 Å². The van der Waals surface area contributed by atoms with Gasteiger partial charge < -0.3 is 15.2 Å². The van der Waals surface area contributed by atoms with Crippen molar-refractivity contribution >= 4 is 17.6 Å². The highest BCUT2D eigenvalue weighted by Gasteiger charge is 2.20. The van der Waals surface area contributed by atoms with Crippen LogP contribution in [0.1, 0.15) is 43.2 Å². The summed E-state index contributed by atoms with van der Waals surface area (Å²) in [5, 5.41) is 0. The molecule has 1 unspecified atom stereocenters. The lowest BCUT2D eigenvalue weighted by atomic mass is 9.99. The van der Waals surface area contributed by atoms with E-state index in [1.807, 2.05) is 6.92 Å². The summed E-state index contributed by atoms with van der Waals surface area (Å²) >= 11 is 0. The molecule has 21 heavy (non-hydrogen) atoms. The first kappa shape index (κ1) is 16.9. The number of pyridine rings is 1. The molecule has 1 rings (SSSR count). The average Bonchev–Trinajstić information content (AvgIpc) is 2.46. The van der Waals surface area contributed by atoms with Gasteiger partial charge in [-0.25, -0.2) is 4.79 Å². The van der Waals surface area contributed by atoms with Gasteiger partial charge >= 0.3 is 11.9 Å². The molecule has 0 radical (unpaired) electrons. The number of nitrogen functional groups attached to an aromatic ring is 1. The standard InChI is InChI=1S/C15H22N2O4/c1-4-10(14(18)20-5-2)8-13-12(16)7-11(9-17-13)15(19)21-6-3/h7,9-10H,4-6,8,16H2,1-3H3. The van der Waals surface area contributed by atoms with Crippen LogP contribution in [0.3, 0.4) is 0 Å². The van der Waals surface area contributed by atoms with E-state index in [1.165, 1.54) is 12.3 Å². The highest BCUT2D eigenvalue weighted by molar-refractivity contribution is 5.90. The molecule has 0 aliphatic heterocycles. The van der Waals surface area contributed by atoms with Gasteiger partial charge in [-0.1, -0.05) is 6.92 Å². The first-order valence-electron chi connectivity index (χ1n) is 7.11. The number of hydrogen-bond donors (Lipinski definition) is 1. The van der Waals surface area contributed by atoms with Crippen LogP contribution in [0.5, 0.6) is 0 Å². The summed E-state index contributed by atoms with van der Waals surface area (Å²) in [5.74, 6) is -0.996. The van der Waals surface area contributed by atoms with Crippen LogP contribution in [0, 0.1) is 5.92 Å². The Balaban J connectivity index is 2.84. The molecule has 0 aliphatic carbocycles. The number of aromatic nitrogens is 1. The van der Waals surface area contributed by atoms with Crippen molar-refractivity contribution in [3.8, 4) is 0 Å². The third-order valence-electron chi connectivity index (χ3n) is 3.07. The molecule has 0 saturated carbocycles. The van der Waals surface area contributed by atoms with Gasteiger partial charge in [-0.3, -0.25) is 9.78 Å². The number of carbonyl (C=O) groups is 2. The summed E-state index contributed by atoms with van der Waals surface area (Å²) in [4.78, 5) is 27.6. The minimum absolute atomic E-state index is 0.254. The number of nitrogens with two attached hydrogens (primary N) is 1. The molecule has 6 nitrogen and oxygen atoms in total. The molecule has 1 atom stereocenters. The number of carbonyl (C=O) groups excluding carboxylic acids is 2. The maximum atomic E-state index is 11.8. The first-order valence-corrected chi connectivity index (χ1v) is 7.11. The zero-order valence-electron chi connectivity index (χ0n) is 12.7. The van der Waals surface area contributed by atoms with Gasteiger partial charge in [-0.15, -0.1) is 0 Å². The van der Waals surface area contributed by atoms with E-state index in [0.29, 0.717) is 43.0 Å². The molecule has 0 bridgehead atoms. The lowest BCUT2D eigenvalue weighted by molar-refractivity contribution is -0.148. The summed E-state index contributed by atoms with van der Waals surface area (Å²) in [5.41, 5.74) is 7.18. The highest BCUT2D eigenvalue weighted by atomic mass is 16.5. The Hall–Kier alpha value is -2.11. The van der Waals surface area contributed by atoms with Crippen LogP contribution in [0.4, 0.5) is 5.69 Å². The van der Waals surface area contributed by atoms with Crippen molar-refractivity contribution in [3.05, 3.63) is 23.5 Å². The Bertz CT molecular complexity index is 502. The predicted octanol–water partition coefficient (Wildman–Crippen LogP) is 1.97. The van der Waals surface area contributed by atoms with Gasteiger partial charge in [0.15, 0.2) is 0 Å². The molecule has 1 aromatic heterocycles. The summed E-state index contributed by atoms with van der Waals surface area (Å²) < 4.78 is 9.91. The lowest BCUT2D eigenvalue weighted by Gasteiger charge is -2.14. The number of ether oxygens (including phenoxy) is 2. The molecule has 1 aromatic rings. The molecular weight excluding hydrogens is 272 g/mol. The molecule has 116 valence electrons. The van der Waals surface area contributed by atoms with Crippen molar-refractivity contribution in [3.63, 3.8) is 0 Å². The van der Waals surface area contributed by atoms with Gasteiger partial charge in [0.2, 0.25) is 0 Å². The lowest BCUT2D eigenvalue weighted by Crippen LogP contribution is -2.20. The van der Waals surface area contributed by atoms with Gasteiger partial charge in [0.25, 0.3) is 0 Å². The molecule has 0 aromatic carbocycles. The number of esters is 2. The highest BCUT2D eigenvalue weighted by Crippen LogP contribution is 2.19. The molecule has 2 N–H and O–H groups in total. The van der Waals surface area contributed by atoms with Crippen molar-refractivity contribution in [1.29, 1.82) is 0 Å². The Labute approximate surface area is 124 Å². The van der Waals surface area contributed by atoms with Crippen molar-refractivity contribution < 1.29 is 19.1 Å². The van der Waals surface area contributed by atoms with Crippen LogP contribution in [0.15, 0.2) is 12.3 Å². The van der Waals surface area contributed by atoms with E-state index in [-0.39, 0.29) is 11.9 Å². The minimum Gasteiger partial charge on any atom is -0.466 e. The normalized spacial score (nSPS) is 11.8. The Morgan fingerprint density at radius 3 is 2.43 bits per heavy atom. The van der Waals surface area contributed by atoms with E-state index < -0.39 is 5.97 Å². The average molecular weight is 294 g/mol. The zero-order chi connectivity index (χ0) is 15.8. The van der Waals surface area contributed by atoms with Crippen LogP contribution >= 0.6 is 0 Å². The van der Waals surface area contributed by atoms with Crippen molar-refractivity contribution in [2.45, 2.75) is 33.6 Å². The van der Waals surface area contributed by atoms with Gasteiger partial charge in [-0.05, 0) is 26.3 Å². The Morgan fingerprint density at radius 1 is 1.24 bits per heavy atom. The third-order valence-corrected chi connectivity index (χ3v) is 3.07. The van der Waals surface area contributed by atoms with E-state index in [4.69, 9.17) is 15.2 Å². The molecule has 0 aliphatic rings. The van der Waals surface area contributed by atoms with E-state index in [1.54, 1.807) is 13.8 Å². The maximum absolute atomic E-state index is 11.8. The first-order chi connectivity index (χ1) is 10.0. The van der Waals surface area contributed by atoms with Crippen LogP contribution in [0.25, 0.3) is 0 Å². The van der Waals surface area contributed by atoms with Crippen molar-refractivity contribution in [2.24, 2.45) is 5.92 Å². The monoisotopic (exact) mass is 294 g/mol. The molecule has 0 saturated heterocycles. The fourth-order valence-corrected chi connectivity index (χ4v) is 1.89. The second-order valence-electron chi connectivity index (χ2n) is 4.54. The largest absolute Gasteiger partial charge is 0.466 e. The van der Waals surface area contributed by atoms with Crippen LogP contribution in [-0.2, 0) is 20.7 Å². The van der Waals surface area contributed by atoms with Crippen LogP contribution < -0.4 is 5.73 Å². The second kappa shape index (κ2) is 8.24. The minimum atomic E-state index is -0.458. The number of hydrogen-bond acceptors (Lipinski definition) is 6. The van der Waals surface area contributed by atoms with E-state index in [9.17, 15) is 9.59 Å². The smallest absolute Gasteiger partial charge is 0.339 e. The maximum Gasteiger partial charge on any atom is 0.339 e. The van der Waals surface area contributed by atoms with Gasteiger partial charge in [0.1, 0.15) is 0 Å². The molecule has 0 fully saturated rings. The van der Waals surface area contributed by atoms with E-state index in [0.717, 1.165) is 0 Å².